The minimum atomic E-state index is -0.320. The van der Waals surface area contributed by atoms with Gasteiger partial charge in [-0.3, -0.25) is 4.79 Å². The molecule has 6 heteroatoms. The highest BCUT2D eigenvalue weighted by Gasteiger charge is 2.55. The van der Waals surface area contributed by atoms with E-state index in [2.05, 4.69) is 17.1 Å². The van der Waals surface area contributed by atoms with E-state index in [1.54, 1.807) is 11.3 Å². The van der Waals surface area contributed by atoms with E-state index in [1.165, 1.54) is 0 Å². The Labute approximate surface area is 159 Å². The van der Waals surface area contributed by atoms with Gasteiger partial charge in [-0.25, -0.2) is 4.79 Å². The summed E-state index contributed by atoms with van der Waals surface area (Å²) in [5.74, 6) is 1.08. The van der Waals surface area contributed by atoms with Gasteiger partial charge < -0.3 is 15.0 Å². The van der Waals surface area contributed by atoms with Gasteiger partial charge in [0.05, 0.1) is 6.54 Å². The smallest absolute Gasteiger partial charge is 0.407 e. The van der Waals surface area contributed by atoms with Gasteiger partial charge in [-0.15, -0.1) is 11.3 Å². The minimum absolute atomic E-state index is 0.0281. The normalized spacial score (nSPS) is 34.0. The lowest BCUT2D eigenvalue weighted by molar-refractivity contribution is -0.140. The molecule has 3 heterocycles. The van der Waals surface area contributed by atoms with Crippen molar-refractivity contribution in [2.45, 2.75) is 70.1 Å². The fourth-order valence-electron chi connectivity index (χ4n) is 5.57. The summed E-state index contributed by atoms with van der Waals surface area (Å²) in [5, 5.41) is 4.88. The number of nitrogens with zero attached hydrogens (tertiary/aromatic N) is 1. The summed E-state index contributed by atoms with van der Waals surface area (Å²) in [5.41, 5.74) is 0.0281. The summed E-state index contributed by atoms with van der Waals surface area (Å²) in [4.78, 5) is 28.1. The van der Waals surface area contributed by atoms with Crippen LogP contribution in [0.5, 0.6) is 0 Å². The molecule has 0 radical (unpaired) electrons. The molecule has 0 unspecified atom stereocenters. The lowest BCUT2D eigenvalue weighted by atomic mass is 9.64. The van der Waals surface area contributed by atoms with Crippen LogP contribution in [0.25, 0.3) is 0 Å². The maximum absolute atomic E-state index is 12.5. The highest BCUT2D eigenvalue weighted by molar-refractivity contribution is 7.09. The molecule has 1 aromatic heterocycles. The van der Waals surface area contributed by atoms with E-state index in [-0.39, 0.29) is 17.7 Å². The number of alkyl carbamates (subject to hydrolysis) is 1. The van der Waals surface area contributed by atoms with Gasteiger partial charge in [-0.1, -0.05) is 13.0 Å². The summed E-state index contributed by atoms with van der Waals surface area (Å²) in [6.45, 7) is 3.65. The first kappa shape index (κ1) is 17.8. The number of nitrogens with one attached hydrogen (secondary N) is 1. The quantitative estimate of drug-likeness (QED) is 0.869. The van der Waals surface area contributed by atoms with Gasteiger partial charge in [0.1, 0.15) is 6.10 Å². The summed E-state index contributed by atoms with van der Waals surface area (Å²) >= 11 is 1.63. The largest absolute Gasteiger partial charge is 0.446 e. The molecular weight excluding hydrogens is 348 g/mol. The summed E-state index contributed by atoms with van der Waals surface area (Å²) < 4.78 is 5.81. The number of hydrogen-bond acceptors (Lipinski definition) is 4. The number of carbonyl (C=O) groups excluding carboxylic acids is 2. The van der Waals surface area contributed by atoms with E-state index in [0.29, 0.717) is 30.7 Å². The zero-order valence-corrected chi connectivity index (χ0v) is 16.2. The van der Waals surface area contributed by atoms with Crippen molar-refractivity contribution in [2.75, 3.05) is 6.54 Å². The Morgan fingerprint density at radius 2 is 2.27 bits per heavy atom. The third-order valence-electron chi connectivity index (χ3n) is 6.75. The van der Waals surface area contributed by atoms with Crippen LogP contribution in [0, 0.1) is 11.8 Å². The topological polar surface area (TPSA) is 58.6 Å². The van der Waals surface area contributed by atoms with Crippen LogP contribution in [0.4, 0.5) is 4.79 Å². The molecule has 0 aromatic carbocycles. The van der Waals surface area contributed by atoms with E-state index in [9.17, 15) is 9.59 Å². The van der Waals surface area contributed by atoms with Crippen LogP contribution in [0.3, 0.4) is 0 Å². The number of amides is 2. The Balaban J connectivity index is 1.41. The second-order valence-corrected chi connectivity index (χ2v) is 9.06. The highest BCUT2D eigenvalue weighted by atomic mass is 32.1. The zero-order valence-electron chi connectivity index (χ0n) is 15.4. The molecule has 2 saturated heterocycles. The molecule has 5 nitrogen and oxygen atoms in total. The van der Waals surface area contributed by atoms with E-state index in [1.807, 2.05) is 17.5 Å². The van der Waals surface area contributed by atoms with E-state index in [4.69, 9.17) is 4.74 Å². The van der Waals surface area contributed by atoms with Gasteiger partial charge in [-0.2, -0.15) is 0 Å². The Morgan fingerprint density at radius 1 is 1.38 bits per heavy atom. The summed E-state index contributed by atoms with van der Waals surface area (Å²) in [6.07, 6.45) is 6.39. The molecule has 3 aliphatic rings. The van der Waals surface area contributed by atoms with Crippen molar-refractivity contribution < 1.29 is 14.3 Å². The third kappa shape index (κ3) is 3.13. The van der Waals surface area contributed by atoms with Crippen LogP contribution in [0.2, 0.25) is 0 Å². The number of thiophene rings is 1. The maximum Gasteiger partial charge on any atom is 0.407 e. The molecule has 0 bridgehead atoms. The van der Waals surface area contributed by atoms with Gasteiger partial charge in [0.25, 0.3) is 0 Å². The number of hydrogen-bond donors (Lipinski definition) is 1. The van der Waals surface area contributed by atoms with Crippen molar-refractivity contribution >= 4 is 23.3 Å². The van der Waals surface area contributed by atoms with E-state index < -0.39 is 0 Å². The van der Waals surface area contributed by atoms with Crippen LogP contribution in [0.15, 0.2) is 17.5 Å². The number of ether oxygens (including phenoxy) is 1. The third-order valence-corrected chi connectivity index (χ3v) is 7.63. The molecular formula is C20H28N2O3S. The van der Waals surface area contributed by atoms with Crippen molar-refractivity contribution in [3.63, 3.8) is 0 Å². The average molecular weight is 377 g/mol. The van der Waals surface area contributed by atoms with Gasteiger partial charge in [-0.05, 0) is 61.8 Å². The van der Waals surface area contributed by atoms with Gasteiger partial charge >= 0.3 is 6.09 Å². The molecule has 4 rings (SSSR count). The highest BCUT2D eigenvalue weighted by Crippen LogP contribution is 2.52. The number of rotatable bonds is 3. The van der Waals surface area contributed by atoms with Gasteiger partial charge in [0.2, 0.25) is 5.91 Å². The molecule has 1 aromatic rings. The summed E-state index contributed by atoms with van der Waals surface area (Å²) in [6, 6.07) is 3.99. The first-order chi connectivity index (χ1) is 12.6. The molecule has 1 N–H and O–H groups in total. The van der Waals surface area contributed by atoms with Gasteiger partial charge in [0.15, 0.2) is 0 Å². The predicted molar refractivity (Wildman–Crippen MR) is 101 cm³/mol. The lowest BCUT2D eigenvalue weighted by Crippen LogP contribution is -2.58. The SMILES string of the molecule is C[C@H]1[C@@H](OC(=O)NCc2cccs2)CC[C@@]23CCCN2C(=O)CCC[C@@H]13. The second-order valence-electron chi connectivity index (χ2n) is 8.03. The molecule has 26 heavy (non-hydrogen) atoms. The Hall–Kier alpha value is -1.56. The fraction of sp³-hybridized carbons (Fsp3) is 0.700. The molecule has 142 valence electrons. The van der Waals surface area contributed by atoms with Crippen molar-refractivity contribution in [2.24, 2.45) is 11.8 Å². The Morgan fingerprint density at radius 3 is 3.08 bits per heavy atom. The van der Waals surface area contributed by atoms with Crippen LogP contribution in [-0.2, 0) is 16.1 Å². The van der Waals surface area contributed by atoms with Crippen LogP contribution < -0.4 is 5.32 Å². The molecule has 2 aliphatic heterocycles. The molecule has 1 spiro atoms. The summed E-state index contributed by atoms with van der Waals surface area (Å²) in [7, 11) is 0. The Bertz CT molecular complexity index is 662. The zero-order chi connectivity index (χ0) is 18.1. The molecule has 1 saturated carbocycles. The van der Waals surface area contributed by atoms with Crippen LogP contribution in [-0.4, -0.2) is 35.1 Å². The van der Waals surface area contributed by atoms with Crippen LogP contribution >= 0.6 is 11.3 Å². The first-order valence-corrected chi connectivity index (χ1v) is 10.8. The minimum Gasteiger partial charge on any atom is -0.446 e. The first-order valence-electron chi connectivity index (χ1n) is 9.87. The molecule has 3 fully saturated rings. The van der Waals surface area contributed by atoms with Crippen molar-refractivity contribution in [1.82, 2.24) is 10.2 Å². The Kier molecular flexibility index (Phi) is 4.95. The fourth-order valence-corrected chi connectivity index (χ4v) is 6.21. The molecule has 2 amide bonds. The predicted octanol–water partition coefficient (Wildman–Crippen LogP) is 3.93. The molecule has 1 aliphatic carbocycles. The van der Waals surface area contributed by atoms with Crippen molar-refractivity contribution in [3.8, 4) is 0 Å². The maximum atomic E-state index is 12.5. The monoisotopic (exact) mass is 376 g/mol. The van der Waals surface area contributed by atoms with Crippen molar-refractivity contribution in [1.29, 1.82) is 0 Å². The lowest BCUT2D eigenvalue weighted by Gasteiger charge is -2.51. The van der Waals surface area contributed by atoms with Gasteiger partial charge in [0, 0.05) is 23.4 Å². The molecule has 4 atom stereocenters. The van der Waals surface area contributed by atoms with Crippen LogP contribution in [0.1, 0.15) is 56.7 Å². The number of carbonyl (C=O) groups is 2. The standard InChI is InChI=1S/C20H28N2O3S/c1-14-16-6-2-7-18(23)22-11-4-9-20(16,22)10-8-17(14)25-19(24)21-13-15-5-3-12-26-15/h3,5,12,14,16-17H,2,4,6-11,13H2,1H3,(H,21,24)/t14-,16+,17+,20-/m1/s1. The van der Waals surface area contributed by atoms with E-state index in [0.717, 1.165) is 49.9 Å². The second kappa shape index (κ2) is 7.22. The van der Waals surface area contributed by atoms with Crippen molar-refractivity contribution in [3.05, 3.63) is 22.4 Å². The van der Waals surface area contributed by atoms with E-state index >= 15 is 0 Å². The average Bonchev–Trinajstić information content (AvgIpc) is 3.26.